The molecule has 2 aromatic carbocycles. The lowest BCUT2D eigenvalue weighted by molar-refractivity contribution is 1.06. The van der Waals surface area contributed by atoms with Crippen LogP contribution in [0.5, 0.6) is 0 Å². The first-order valence-electron chi connectivity index (χ1n) is 5.57. The van der Waals surface area contributed by atoms with E-state index in [4.69, 9.17) is 11.5 Å². The molecule has 0 saturated carbocycles. The molecule has 0 saturated heterocycles. The van der Waals surface area contributed by atoms with Crippen molar-refractivity contribution in [3.8, 4) is 0 Å². The third kappa shape index (κ3) is 3.33. The molecule has 88 valence electrons. The van der Waals surface area contributed by atoms with Gasteiger partial charge in [-0.05, 0) is 35.4 Å². The summed E-state index contributed by atoms with van der Waals surface area (Å²) in [5.41, 5.74) is 13.5. The van der Waals surface area contributed by atoms with E-state index in [0.717, 1.165) is 11.1 Å². The van der Waals surface area contributed by atoms with Crippen LogP contribution in [0.1, 0.15) is 11.1 Å². The topological polar surface area (TPSA) is 52.0 Å². The monoisotopic (exact) mass is 244 g/mol. The molecule has 2 aromatic rings. The Morgan fingerprint density at radius 1 is 0.647 bits per heavy atom. The molecule has 0 radical (unpaired) electrons. The van der Waals surface area contributed by atoms with Gasteiger partial charge in [-0.1, -0.05) is 36.0 Å². The van der Waals surface area contributed by atoms with Crippen molar-refractivity contribution in [2.45, 2.75) is 22.9 Å². The van der Waals surface area contributed by atoms with Gasteiger partial charge < -0.3 is 11.5 Å². The van der Waals surface area contributed by atoms with E-state index in [2.05, 4.69) is 48.5 Å². The lowest BCUT2D eigenvalue weighted by atomic mass is 10.2. The summed E-state index contributed by atoms with van der Waals surface area (Å²) in [7, 11) is 0. The van der Waals surface area contributed by atoms with Crippen molar-refractivity contribution in [2.75, 3.05) is 0 Å². The second-order valence-electron chi connectivity index (χ2n) is 3.80. The Hall–Kier alpha value is -1.29. The maximum Gasteiger partial charge on any atom is 0.0178 e. The van der Waals surface area contributed by atoms with Crippen LogP contribution in [-0.2, 0) is 13.1 Å². The van der Waals surface area contributed by atoms with Gasteiger partial charge in [0, 0.05) is 22.9 Å². The fourth-order valence-corrected chi connectivity index (χ4v) is 2.34. The van der Waals surface area contributed by atoms with Gasteiger partial charge in [-0.25, -0.2) is 0 Å². The van der Waals surface area contributed by atoms with Crippen molar-refractivity contribution in [3.63, 3.8) is 0 Å². The van der Waals surface area contributed by atoms with Crippen LogP contribution in [0.3, 0.4) is 0 Å². The van der Waals surface area contributed by atoms with Crippen LogP contribution in [0.2, 0.25) is 0 Å². The summed E-state index contributed by atoms with van der Waals surface area (Å²) < 4.78 is 0. The van der Waals surface area contributed by atoms with Gasteiger partial charge in [0.2, 0.25) is 0 Å². The van der Waals surface area contributed by atoms with Crippen molar-refractivity contribution in [1.82, 2.24) is 0 Å². The van der Waals surface area contributed by atoms with Crippen LogP contribution in [0.15, 0.2) is 58.3 Å². The standard InChI is InChI=1S/C14H16N2S/c15-9-11-1-5-13(6-2-11)17-14-7-3-12(10-16)4-8-14/h1-8H,9-10,15-16H2. The highest BCUT2D eigenvalue weighted by Gasteiger charge is 1.98. The highest BCUT2D eigenvalue weighted by Crippen LogP contribution is 2.27. The Morgan fingerprint density at radius 2 is 1.00 bits per heavy atom. The quantitative estimate of drug-likeness (QED) is 0.869. The zero-order valence-electron chi connectivity index (χ0n) is 9.60. The third-order valence-electron chi connectivity index (χ3n) is 2.55. The highest BCUT2D eigenvalue weighted by molar-refractivity contribution is 7.99. The molecule has 0 aliphatic rings. The van der Waals surface area contributed by atoms with Crippen LogP contribution in [0, 0.1) is 0 Å². The molecule has 0 heterocycles. The van der Waals surface area contributed by atoms with Crippen molar-refractivity contribution >= 4 is 11.8 Å². The molecule has 0 atom stereocenters. The van der Waals surface area contributed by atoms with Crippen LogP contribution in [0.4, 0.5) is 0 Å². The SMILES string of the molecule is NCc1ccc(Sc2ccc(CN)cc2)cc1. The number of benzene rings is 2. The Bertz CT molecular complexity index is 417. The normalized spacial score (nSPS) is 10.5. The molecule has 2 nitrogen and oxygen atoms in total. The maximum atomic E-state index is 5.57. The maximum absolute atomic E-state index is 5.57. The summed E-state index contributed by atoms with van der Waals surface area (Å²) >= 11 is 1.74. The molecule has 0 amide bonds. The molecule has 4 N–H and O–H groups in total. The van der Waals surface area contributed by atoms with Gasteiger partial charge in [0.15, 0.2) is 0 Å². The van der Waals surface area contributed by atoms with Crippen LogP contribution in [0.25, 0.3) is 0 Å². The van der Waals surface area contributed by atoms with E-state index in [9.17, 15) is 0 Å². The lowest BCUT2D eigenvalue weighted by Crippen LogP contribution is -1.95. The van der Waals surface area contributed by atoms with Crippen molar-refractivity contribution < 1.29 is 0 Å². The first-order chi connectivity index (χ1) is 8.31. The van der Waals surface area contributed by atoms with Crippen LogP contribution in [-0.4, -0.2) is 0 Å². The van der Waals surface area contributed by atoms with E-state index in [1.54, 1.807) is 11.8 Å². The Kier molecular flexibility index (Phi) is 4.20. The minimum Gasteiger partial charge on any atom is -0.326 e. The van der Waals surface area contributed by atoms with E-state index in [-0.39, 0.29) is 0 Å². The molecule has 17 heavy (non-hydrogen) atoms. The second kappa shape index (κ2) is 5.87. The van der Waals surface area contributed by atoms with Gasteiger partial charge in [-0.3, -0.25) is 0 Å². The number of rotatable bonds is 4. The van der Waals surface area contributed by atoms with E-state index in [1.807, 2.05) is 0 Å². The Labute approximate surface area is 106 Å². The number of hydrogen-bond acceptors (Lipinski definition) is 3. The molecule has 3 heteroatoms. The second-order valence-corrected chi connectivity index (χ2v) is 4.95. The van der Waals surface area contributed by atoms with Gasteiger partial charge in [0.25, 0.3) is 0 Å². The van der Waals surface area contributed by atoms with Gasteiger partial charge in [-0.2, -0.15) is 0 Å². The predicted molar refractivity (Wildman–Crippen MR) is 72.8 cm³/mol. The Balaban J connectivity index is 2.08. The summed E-state index contributed by atoms with van der Waals surface area (Å²) in [4.78, 5) is 2.45. The lowest BCUT2D eigenvalue weighted by Gasteiger charge is -2.04. The summed E-state index contributed by atoms with van der Waals surface area (Å²) in [5.74, 6) is 0. The van der Waals surface area contributed by atoms with Crippen molar-refractivity contribution in [1.29, 1.82) is 0 Å². The van der Waals surface area contributed by atoms with E-state index >= 15 is 0 Å². The fourth-order valence-electron chi connectivity index (χ4n) is 1.52. The number of hydrogen-bond donors (Lipinski definition) is 2. The summed E-state index contributed by atoms with van der Waals surface area (Å²) in [6.45, 7) is 1.19. The molecule has 0 fully saturated rings. The largest absolute Gasteiger partial charge is 0.326 e. The van der Waals surface area contributed by atoms with Crippen molar-refractivity contribution in [3.05, 3.63) is 59.7 Å². The third-order valence-corrected chi connectivity index (χ3v) is 3.57. The fraction of sp³-hybridized carbons (Fsp3) is 0.143. The molecule has 0 aromatic heterocycles. The average Bonchev–Trinajstić information content (AvgIpc) is 2.40. The van der Waals surface area contributed by atoms with E-state index in [0.29, 0.717) is 13.1 Å². The van der Waals surface area contributed by atoms with Gasteiger partial charge in [0.1, 0.15) is 0 Å². The molecule has 0 spiro atoms. The zero-order chi connectivity index (χ0) is 12.1. The van der Waals surface area contributed by atoms with Crippen LogP contribution < -0.4 is 11.5 Å². The molecule has 2 rings (SSSR count). The first-order valence-corrected chi connectivity index (χ1v) is 6.39. The molecular weight excluding hydrogens is 228 g/mol. The van der Waals surface area contributed by atoms with Gasteiger partial charge in [0.05, 0.1) is 0 Å². The highest BCUT2D eigenvalue weighted by atomic mass is 32.2. The van der Waals surface area contributed by atoms with Crippen molar-refractivity contribution in [2.24, 2.45) is 11.5 Å². The minimum atomic E-state index is 0.593. The summed E-state index contributed by atoms with van der Waals surface area (Å²) in [5, 5.41) is 0. The molecule has 0 bridgehead atoms. The minimum absolute atomic E-state index is 0.593. The van der Waals surface area contributed by atoms with E-state index < -0.39 is 0 Å². The summed E-state index contributed by atoms with van der Waals surface area (Å²) in [6, 6.07) is 16.7. The van der Waals surface area contributed by atoms with Gasteiger partial charge in [-0.15, -0.1) is 0 Å². The zero-order valence-corrected chi connectivity index (χ0v) is 10.4. The molecule has 0 aliphatic carbocycles. The van der Waals surface area contributed by atoms with Crippen LogP contribution >= 0.6 is 11.8 Å². The molecule has 0 aliphatic heterocycles. The Morgan fingerprint density at radius 3 is 1.29 bits per heavy atom. The average molecular weight is 244 g/mol. The predicted octanol–water partition coefficient (Wildman–Crippen LogP) is 2.76. The molecular formula is C14H16N2S. The first kappa shape index (κ1) is 12.2. The number of nitrogens with two attached hydrogens (primary N) is 2. The van der Waals surface area contributed by atoms with E-state index in [1.165, 1.54) is 9.79 Å². The summed E-state index contributed by atoms with van der Waals surface area (Å²) in [6.07, 6.45) is 0. The molecule has 0 unspecified atom stereocenters. The smallest absolute Gasteiger partial charge is 0.0178 e. The van der Waals surface area contributed by atoms with Gasteiger partial charge >= 0.3 is 0 Å².